The fourth-order valence-electron chi connectivity index (χ4n) is 3.64. The highest BCUT2D eigenvalue weighted by molar-refractivity contribution is 5.93. The van der Waals surface area contributed by atoms with Crippen molar-refractivity contribution < 1.29 is 14.3 Å². The Morgan fingerprint density at radius 2 is 2.17 bits per heavy atom. The number of pyridine rings is 1. The molecule has 1 saturated heterocycles. The van der Waals surface area contributed by atoms with Crippen LogP contribution in [0, 0.1) is 0 Å². The Bertz CT molecular complexity index is 965. The molecule has 1 aliphatic heterocycles. The summed E-state index contributed by atoms with van der Waals surface area (Å²) >= 11 is 0. The Kier molecular flexibility index (Phi) is 5.86. The number of nitrogens with zero attached hydrogens (tertiary/aromatic N) is 3. The van der Waals surface area contributed by atoms with Gasteiger partial charge in [0, 0.05) is 49.1 Å². The lowest BCUT2D eigenvalue weighted by Gasteiger charge is -2.15. The molecule has 150 valence electrons. The number of carbonyl (C=O) groups excluding carboxylic acids is 1. The Hall–Kier alpha value is -3.19. The molecule has 29 heavy (non-hydrogen) atoms. The SMILES string of the molecule is COc1cccc(-c2ncn(CCNC(=O)c3ccncc3)c2C2CCOC2)c1. The first-order valence-corrected chi connectivity index (χ1v) is 9.71. The van der Waals surface area contributed by atoms with Crippen LogP contribution in [0.5, 0.6) is 5.75 Å². The summed E-state index contributed by atoms with van der Waals surface area (Å²) in [5.41, 5.74) is 3.71. The van der Waals surface area contributed by atoms with Crippen LogP contribution in [0.15, 0.2) is 55.1 Å². The summed E-state index contributed by atoms with van der Waals surface area (Å²) in [4.78, 5) is 20.9. The molecule has 0 spiro atoms. The molecule has 7 nitrogen and oxygen atoms in total. The summed E-state index contributed by atoms with van der Waals surface area (Å²) in [7, 11) is 1.66. The molecule has 0 saturated carbocycles. The third-order valence-electron chi connectivity index (χ3n) is 5.12. The molecule has 3 aromatic rings. The van der Waals surface area contributed by atoms with Gasteiger partial charge in [-0.05, 0) is 30.7 Å². The van der Waals surface area contributed by atoms with E-state index in [-0.39, 0.29) is 11.8 Å². The van der Waals surface area contributed by atoms with Gasteiger partial charge in [0.25, 0.3) is 5.91 Å². The molecule has 3 heterocycles. The van der Waals surface area contributed by atoms with Crippen molar-refractivity contribution in [2.45, 2.75) is 18.9 Å². The monoisotopic (exact) mass is 392 g/mol. The molecule has 0 aliphatic carbocycles. The van der Waals surface area contributed by atoms with E-state index in [1.807, 2.05) is 30.6 Å². The number of ether oxygens (including phenoxy) is 2. The zero-order valence-electron chi connectivity index (χ0n) is 16.4. The maximum atomic E-state index is 12.3. The first-order chi connectivity index (χ1) is 14.3. The van der Waals surface area contributed by atoms with E-state index in [4.69, 9.17) is 14.5 Å². The first-order valence-electron chi connectivity index (χ1n) is 9.71. The van der Waals surface area contributed by atoms with Crippen molar-refractivity contribution in [2.75, 3.05) is 26.9 Å². The second-order valence-corrected chi connectivity index (χ2v) is 6.96. The molecular formula is C22H24N4O3. The van der Waals surface area contributed by atoms with Crippen LogP contribution < -0.4 is 10.1 Å². The van der Waals surface area contributed by atoms with Gasteiger partial charge >= 0.3 is 0 Å². The number of nitrogens with one attached hydrogen (secondary N) is 1. The molecule has 7 heteroatoms. The molecule has 1 unspecified atom stereocenters. The van der Waals surface area contributed by atoms with Gasteiger partial charge in [-0.25, -0.2) is 4.98 Å². The molecule has 2 aromatic heterocycles. The second-order valence-electron chi connectivity index (χ2n) is 6.96. The molecule has 0 radical (unpaired) electrons. The zero-order chi connectivity index (χ0) is 20.1. The smallest absolute Gasteiger partial charge is 0.251 e. The molecule has 1 fully saturated rings. The molecule has 4 rings (SSSR count). The fraction of sp³-hybridized carbons (Fsp3) is 0.318. The highest BCUT2D eigenvalue weighted by Gasteiger charge is 2.26. The van der Waals surface area contributed by atoms with Crippen molar-refractivity contribution in [3.05, 3.63) is 66.4 Å². The highest BCUT2D eigenvalue weighted by atomic mass is 16.5. The van der Waals surface area contributed by atoms with E-state index >= 15 is 0 Å². The highest BCUT2D eigenvalue weighted by Crippen LogP contribution is 2.34. The lowest BCUT2D eigenvalue weighted by Crippen LogP contribution is -2.27. The van der Waals surface area contributed by atoms with Gasteiger partial charge in [-0.3, -0.25) is 9.78 Å². The Morgan fingerprint density at radius 3 is 2.93 bits per heavy atom. The lowest BCUT2D eigenvalue weighted by atomic mass is 9.99. The topological polar surface area (TPSA) is 78.3 Å². The normalized spacial score (nSPS) is 16.0. The molecule has 1 amide bonds. The van der Waals surface area contributed by atoms with Crippen LogP contribution in [0.25, 0.3) is 11.3 Å². The summed E-state index contributed by atoms with van der Waals surface area (Å²) in [5.74, 6) is 0.983. The third kappa shape index (κ3) is 4.30. The van der Waals surface area contributed by atoms with Gasteiger partial charge in [0.15, 0.2) is 0 Å². The van der Waals surface area contributed by atoms with E-state index in [1.165, 1.54) is 0 Å². The number of rotatable bonds is 7. The van der Waals surface area contributed by atoms with Gasteiger partial charge < -0.3 is 19.4 Å². The summed E-state index contributed by atoms with van der Waals surface area (Å²) in [5, 5.41) is 2.97. The summed E-state index contributed by atoms with van der Waals surface area (Å²) in [6.07, 6.45) is 6.04. The minimum atomic E-state index is -0.105. The summed E-state index contributed by atoms with van der Waals surface area (Å²) in [6, 6.07) is 11.3. The van der Waals surface area contributed by atoms with E-state index < -0.39 is 0 Å². The maximum absolute atomic E-state index is 12.3. The van der Waals surface area contributed by atoms with Crippen LogP contribution in [0.1, 0.15) is 28.4 Å². The van der Waals surface area contributed by atoms with E-state index in [9.17, 15) is 4.79 Å². The van der Waals surface area contributed by atoms with Crippen LogP contribution in [0.4, 0.5) is 0 Å². The quantitative estimate of drug-likeness (QED) is 0.669. The lowest BCUT2D eigenvalue weighted by molar-refractivity contribution is 0.0952. The van der Waals surface area contributed by atoms with Gasteiger partial charge in [0.2, 0.25) is 0 Å². The van der Waals surface area contributed by atoms with Crippen LogP contribution in [0.3, 0.4) is 0 Å². The molecule has 1 aliphatic rings. The number of carbonyl (C=O) groups is 1. The maximum Gasteiger partial charge on any atom is 0.251 e. The van der Waals surface area contributed by atoms with Crippen molar-refractivity contribution in [2.24, 2.45) is 0 Å². The number of imidazole rings is 1. The van der Waals surface area contributed by atoms with Crippen molar-refractivity contribution in [3.8, 4) is 17.0 Å². The van der Waals surface area contributed by atoms with Crippen molar-refractivity contribution in [1.82, 2.24) is 19.9 Å². The van der Waals surface area contributed by atoms with Crippen molar-refractivity contribution in [3.63, 3.8) is 0 Å². The molecule has 1 atom stereocenters. The number of amides is 1. The number of methoxy groups -OCH3 is 1. The second kappa shape index (κ2) is 8.87. The van der Waals surface area contributed by atoms with Gasteiger partial charge in [0.05, 0.1) is 31.4 Å². The van der Waals surface area contributed by atoms with E-state index in [2.05, 4.69) is 14.9 Å². The zero-order valence-corrected chi connectivity index (χ0v) is 16.4. The van der Waals surface area contributed by atoms with Crippen LogP contribution in [-0.2, 0) is 11.3 Å². The molecule has 1 aromatic carbocycles. The van der Waals surface area contributed by atoms with Gasteiger partial charge in [0.1, 0.15) is 5.75 Å². The van der Waals surface area contributed by atoms with Crippen molar-refractivity contribution >= 4 is 5.91 Å². The largest absolute Gasteiger partial charge is 0.497 e. The van der Waals surface area contributed by atoms with Gasteiger partial charge in [-0.1, -0.05) is 12.1 Å². The Morgan fingerprint density at radius 1 is 1.31 bits per heavy atom. The number of benzene rings is 1. The Balaban J connectivity index is 1.53. The predicted molar refractivity (Wildman–Crippen MR) is 109 cm³/mol. The van der Waals surface area contributed by atoms with Gasteiger partial charge in [-0.2, -0.15) is 0 Å². The van der Waals surface area contributed by atoms with E-state index in [1.54, 1.807) is 31.6 Å². The third-order valence-corrected chi connectivity index (χ3v) is 5.12. The Labute approximate surface area is 169 Å². The number of hydrogen-bond donors (Lipinski definition) is 1. The standard InChI is InChI=1S/C22H24N4O3/c1-28-19-4-2-3-17(13-19)20-21(18-7-12-29-14-18)26(15-25-20)11-10-24-22(27)16-5-8-23-9-6-16/h2-6,8-9,13,15,18H,7,10-12,14H2,1H3,(H,24,27). The first kappa shape index (κ1) is 19.1. The van der Waals surface area contributed by atoms with Crippen LogP contribution >= 0.6 is 0 Å². The molecule has 1 N–H and O–H groups in total. The van der Waals surface area contributed by atoms with Crippen LogP contribution in [-0.4, -0.2) is 47.3 Å². The number of aromatic nitrogens is 3. The molecular weight excluding hydrogens is 368 g/mol. The van der Waals surface area contributed by atoms with Crippen LogP contribution in [0.2, 0.25) is 0 Å². The van der Waals surface area contributed by atoms with E-state index in [0.29, 0.717) is 25.3 Å². The fourth-order valence-corrected chi connectivity index (χ4v) is 3.64. The minimum absolute atomic E-state index is 0.105. The summed E-state index contributed by atoms with van der Waals surface area (Å²) in [6.45, 7) is 2.59. The molecule has 0 bridgehead atoms. The van der Waals surface area contributed by atoms with E-state index in [0.717, 1.165) is 35.7 Å². The predicted octanol–water partition coefficient (Wildman–Crippen LogP) is 2.89. The van der Waals surface area contributed by atoms with Crippen molar-refractivity contribution in [1.29, 1.82) is 0 Å². The average molecular weight is 392 g/mol. The summed E-state index contributed by atoms with van der Waals surface area (Å²) < 4.78 is 13.1. The van der Waals surface area contributed by atoms with Gasteiger partial charge in [-0.15, -0.1) is 0 Å². The number of hydrogen-bond acceptors (Lipinski definition) is 5. The average Bonchev–Trinajstić information content (AvgIpc) is 3.44. The minimum Gasteiger partial charge on any atom is -0.497 e.